The number of fused-ring (bicyclic) bond motifs is 17. The van der Waals surface area contributed by atoms with Gasteiger partial charge in [0.15, 0.2) is 0 Å². The maximum atomic E-state index is 14.1. The quantitative estimate of drug-likeness (QED) is 0.208. The van der Waals surface area contributed by atoms with Crippen molar-refractivity contribution in [2.75, 3.05) is 26.8 Å². The van der Waals surface area contributed by atoms with Gasteiger partial charge < -0.3 is 40.6 Å². The molecule has 0 radical (unpaired) electrons. The van der Waals surface area contributed by atoms with Crippen molar-refractivity contribution in [3.05, 3.63) is 77.4 Å². The van der Waals surface area contributed by atoms with Crippen LogP contribution in [-0.2, 0) is 32.0 Å². The third-order valence-corrected chi connectivity index (χ3v) is 9.38. The Morgan fingerprint density at radius 1 is 1.00 bits per heavy atom. The normalized spacial score (nSPS) is 22.0. The molecule has 284 valence electrons. The summed E-state index contributed by atoms with van der Waals surface area (Å²) in [5.74, 6) is -0.700. The van der Waals surface area contributed by atoms with E-state index >= 15 is 0 Å². The number of aryl methyl sites for hydroxylation is 1. The van der Waals surface area contributed by atoms with Crippen molar-refractivity contribution in [2.45, 2.75) is 84.0 Å². The zero-order chi connectivity index (χ0) is 38.1. The number of carbonyl (C=O) groups is 5. The highest BCUT2D eigenvalue weighted by molar-refractivity contribution is 5.98. The molecule has 53 heavy (non-hydrogen) atoms. The van der Waals surface area contributed by atoms with Gasteiger partial charge in [-0.3, -0.25) is 24.0 Å². The summed E-state index contributed by atoms with van der Waals surface area (Å²) in [6.45, 7) is 7.85. The number of rotatable bonds is 9. The maximum Gasteiger partial charge on any atom is 0.272 e. The number of ether oxygens (including phenoxy) is 2. The SMILES string of the molecule is COc1ccc(C[C@@H]2NC(=O)[C@@H](NC(=O)c3nc[nH]c3C)Cc3ccc(cc3)OC[C@H](CC(C)C)NC(=O)CN(CC3CC3)C(=O)[C@@H](C)NC2=O)cc1. The fraction of sp³-hybridized carbons (Fsp3) is 0.487. The van der Waals surface area contributed by atoms with Crippen molar-refractivity contribution in [3.63, 3.8) is 0 Å². The number of methoxy groups -OCH3 is 1. The smallest absolute Gasteiger partial charge is 0.272 e. The number of carbonyl (C=O) groups excluding carboxylic acids is 5. The van der Waals surface area contributed by atoms with E-state index in [1.54, 1.807) is 69.5 Å². The predicted octanol–water partition coefficient (Wildman–Crippen LogP) is 2.46. The van der Waals surface area contributed by atoms with Gasteiger partial charge in [-0.15, -0.1) is 0 Å². The van der Waals surface area contributed by atoms with Crippen LogP contribution in [0, 0.1) is 18.8 Å². The largest absolute Gasteiger partial charge is 0.497 e. The number of H-pyrrole nitrogens is 1. The number of amides is 5. The van der Waals surface area contributed by atoms with Crippen LogP contribution in [0.15, 0.2) is 54.9 Å². The molecule has 0 unspecified atom stereocenters. The average Bonchev–Trinajstić information content (AvgIpc) is 3.84. The van der Waals surface area contributed by atoms with Gasteiger partial charge in [0.05, 0.1) is 26.0 Å². The molecule has 1 saturated carbocycles. The Balaban J connectivity index is 1.47. The van der Waals surface area contributed by atoms with E-state index in [1.165, 1.54) is 11.2 Å². The second-order valence-electron chi connectivity index (χ2n) is 14.5. The second-order valence-corrected chi connectivity index (χ2v) is 14.5. The monoisotopic (exact) mass is 729 g/mol. The van der Waals surface area contributed by atoms with Crippen LogP contribution < -0.4 is 30.7 Å². The molecule has 1 aliphatic carbocycles. The zero-order valence-corrected chi connectivity index (χ0v) is 31.1. The standard InChI is InChI=1S/C39H51N7O7/c1-23(2)16-29-21-53-31-14-10-27(11-15-31)18-33(45-38(50)35-24(3)40-22-41-35)37(49)44-32(17-26-8-12-30(52-5)13-9-26)36(48)42-25(4)39(51)46(19-28-6-7-28)20-34(47)43-29/h8-15,22-23,25,28-29,32-33H,6-7,16-21H2,1-5H3,(H,40,41)(H,42,48)(H,43,47)(H,44,49)(H,45,50)/t25-,29+,32+,33+/m1/s1. The highest BCUT2D eigenvalue weighted by Gasteiger charge is 2.34. The fourth-order valence-electron chi connectivity index (χ4n) is 6.34. The molecule has 14 nitrogen and oxygen atoms in total. The van der Waals surface area contributed by atoms with Crippen molar-refractivity contribution in [2.24, 2.45) is 11.8 Å². The van der Waals surface area contributed by atoms with Crippen LogP contribution in [0.5, 0.6) is 11.5 Å². The molecule has 2 aliphatic heterocycles. The Kier molecular flexibility index (Phi) is 13.1. The van der Waals surface area contributed by atoms with Crippen LogP contribution in [0.1, 0.15) is 67.3 Å². The molecule has 5 amide bonds. The first-order chi connectivity index (χ1) is 25.4. The Bertz CT molecular complexity index is 1740. The van der Waals surface area contributed by atoms with Gasteiger partial charge >= 0.3 is 0 Å². The van der Waals surface area contributed by atoms with E-state index in [2.05, 4.69) is 45.1 Å². The number of aromatic amines is 1. The molecule has 3 aliphatic rings. The third kappa shape index (κ3) is 11.3. The molecule has 2 bridgehead atoms. The van der Waals surface area contributed by atoms with Crippen LogP contribution in [0.25, 0.3) is 0 Å². The number of nitrogens with zero attached hydrogens (tertiary/aromatic N) is 2. The Morgan fingerprint density at radius 2 is 1.72 bits per heavy atom. The molecule has 0 saturated heterocycles. The van der Waals surface area contributed by atoms with Crippen molar-refractivity contribution in [1.82, 2.24) is 36.1 Å². The molecule has 6 rings (SSSR count). The Hall–Kier alpha value is -5.40. The van der Waals surface area contributed by atoms with Crippen LogP contribution in [0.3, 0.4) is 0 Å². The Labute approximate surface area is 310 Å². The molecule has 1 aromatic heterocycles. The minimum absolute atomic E-state index is 0.0824. The molecule has 5 N–H and O–H groups in total. The van der Waals surface area contributed by atoms with Gasteiger partial charge in [-0.2, -0.15) is 0 Å². The lowest BCUT2D eigenvalue weighted by molar-refractivity contribution is -0.140. The van der Waals surface area contributed by atoms with Crippen molar-refractivity contribution in [3.8, 4) is 11.5 Å². The van der Waals surface area contributed by atoms with E-state index in [1.807, 2.05) is 0 Å². The number of hydrogen-bond donors (Lipinski definition) is 5. The van der Waals surface area contributed by atoms with E-state index in [-0.39, 0.29) is 55.5 Å². The number of nitrogens with one attached hydrogen (secondary N) is 5. The molecule has 14 heteroatoms. The van der Waals surface area contributed by atoms with Gasteiger partial charge in [0.25, 0.3) is 5.91 Å². The average molecular weight is 730 g/mol. The van der Waals surface area contributed by atoms with Crippen molar-refractivity contribution >= 4 is 29.5 Å². The van der Waals surface area contributed by atoms with E-state index in [4.69, 9.17) is 9.47 Å². The van der Waals surface area contributed by atoms with E-state index in [0.717, 1.165) is 24.0 Å². The van der Waals surface area contributed by atoms with Crippen LogP contribution in [0.2, 0.25) is 0 Å². The van der Waals surface area contributed by atoms with Gasteiger partial charge in [0.1, 0.15) is 41.9 Å². The first kappa shape index (κ1) is 38.8. The lowest BCUT2D eigenvalue weighted by Gasteiger charge is -2.29. The minimum Gasteiger partial charge on any atom is -0.497 e. The Morgan fingerprint density at radius 3 is 2.34 bits per heavy atom. The molecular formula is C39H51N7O7. The first-order valence-electron chi connectivity index (χ1n) is 18.2. The fourth-order valence-corrected chi connectivity index (χ4v) is 6.34. The number of imidazole rings is 1. The topological polar surface area (TPSA) is 184 Å². The molecule has 2 aromatic carbocycles. The highest BCUT2D eigenvalue weighted by Crippen LogP contribution is 2.30. The van der Waals surface area contributed by atoms with Crippen LogP contribution >= 0.6 is 0 Å². The third-order valence-electron chi connectivity index (χ3n) is 9.38. The van der Waals surface area contributed by atoms with Gasteiger partial charge in [-0.25, -0.2) is 4.98 Å². The lowest BCUT2D eigenvalue weighted by Crippen LogP contribution is -2.58. The molecule has 3 aromatic rings. The molecule has 1 fully saturated rings. The van der Waals surface area contributed by atoms with E-state index < -0.39 is 41.8 Å². The number of hydrogen-bond acceptors (Lipinski definition) is 8. The summed E-state index contributed by atoms with van der Waals surface area (Å²) in [4.78, 5) is 77.2. The summed E-state index contributed by atoms with van der Waals surface area (Å²) in [5, 5.41) is 11.5. The van der Waals surface area contributed by atoms with Crippen LogP contribution in [0.4, 0.5) is 0 Å². The van der Waals surface area contributed by atoms with Gasteiger partial charge in [0.2, 0.25) is 23.6 Å². The summed E-state index contributed by atoms with van der Waals surface area (Å²) in [6.07, 6.45) is 4.16. The summed E-state index contributed by atoms with van der Waals surface area (Å²) < 4.78 is 11.4. The zero-order valence-electron chi connectivity index (χ0n) is 31.1. The molecule has 0 spiro atoms. The van der Waals surface area contributed by atoms with Gasteiger partial charge in [-0.05, 0) is 80.3 Å². The molecule has 3 heterocycles. The maximum absolute atomic E-state index is 14.1. The van der Waals surface area contributed by atoms with Gasteiger partial charge in [0, 0.05) is 25.1 Å². The number of aromatic nitrogens is 2. The summed E-state index contributed by atoms with van der Waals surface area (Å²) in [7, 11) is 1.55. The molecule has 4 atom stereocenters. The summed E-state index contributed by atoms with van der Waals surface area (Å²) in [6, 6.07) is 10.7. The van der Waals surface area contributed by atoms with Crippen molar-refractivity contribution < 1.29 is 33.4 Å². The summed E-state index contributed by atoms with van der Waals surface area (Å²) >= 11 is 0. The highest BCUT2D eigenvalue weighted by atomic mass is 16.5. The summed E-state index contributed by atoms with van der Waals surface area (Å²) in [5.41, 5.74) is 2.14. The van der Waals surface area contributed by atoms with Crippen molar-refractivity contribution in [1.29, 1.82) is 0 Å². The van der Waals surface area contributed by atoms with E-state index in [9.17, 15) is 24.0 Å². The van der Waals surface area contributed by atoms with Crippen LogP contribution in [-0.4, -0.2) is 95.4 Å². The second kappa shape index (κ2) is 17.9. The van der Waals surface area contributed by atoms with E-state index in [0.29, 0.717) is 30.2 Å². The predicted molar refractivity (Wildman–Crippen MR) is 197 cm³/mol. The van der Waals surface area contributed by atoms with Gasteiger partial charge in [-0.1, -0.05) is 38.1 Å². The first-order valence-corrected chi connectivity index (χ1v) is 18.2. The lowest BCUT2D eigenvalue weighted by atomic mass is 10.0. The minimum atomic E-state index is -1.13. The molecular weight excluding hydrogens is 678 g/mol. The number of benzene rings is 2.